The van der Waals surface area contributed by atoms with E-state index in [9.17, 15) is 13.2 Å². The molecule has 0 radical (unpaired) electrons. The SMILES string of the molecule is CCC(C)(C)NC(=O)c1cc(C)c2c(c1)-c1ccccc1S(=O)(=O)N2C. The second-order valence-electron chi connectivity index (χ2n) is 7.35. The smallest absolute Gasteiger partial charge is 0.264 e. The standard InChI is InChI=1S/C20H24N2O3S/c1-6-20(3,4)21-19(23)14-11-13(2)18-16(12-14)15-9-7-8-10-17(15)26(24,25)22(18)5/h7-12H,6H2,1-5H3,(H,21,23). The average Bonchev–Trinajstić information content (AvgIpc) is 2.59. The first kappa shape index (κ1) is 18.5. The lowest BCUT2D eigenvalue weighted by Crippen LogP contribution is -2.42. The zero-order valence-corrected chi connectivity index (χ0v) is 16.6. The van der Waals surface area contributed by atoms with Crippen LogP contribution in [0.15, 0.2) is 41.3 Å². The summed E-state index contributed by atoms with van der Waals surface area (Å²) in [5.41, 5.74) is 2.99. The van der Waals surface area contributed by atoms with Gasteiger partial charge in [0.25, 0.3) is 15.9 Å². The molecule has 0 aromatic heterocycles. The van der Waals surface area contributed by atoms with Gasteiger partial charge in [0, 0.05) is 29.3 Å². The normalized spacial score (nSPS) is 15.2. The Hall–Kier alpha value is -2.34. The van der Waals surface area contributed by atoms with E-state index in [1.54, 1.807) is 37.4 Å². The van der Waals surface area contributed by atoms with E-state index in [-0.39, 0.29) is 16.3 Å². The number of hydrogen-bond donors (Lipinski definition) is 1. The third-order valence-corrected chi connectivity index (χ3v) is 6.84. The molecule has 0 fully saturated rings. The molecule has 3 rings (SSSR count). The molecule has 0 saturated heterocycles. The fourth-order valence-electron chi connectivity index (χ4n) is 3.18. The lowest BCUT2D eigenvalue weighted by molar-refractivity contribution is 0.0911. The summed E-state index contributed by atoms with van der Waals surface area (Å²) in [7, 11) is -2.04. The van der Waals surface area contributed by atoms with Crippen molar-refractivity contribution in [3.63, 3.8) is 0 Å². The molecular formula is C20H24N2O3S. The van der Waals surface area contributed by atoms with Crippen LogP contribution >= 0.6 is 0 Å². The Morgan fingerprint density at radius 3 is 2.46 bits per heavy atom. The largest absolute Gasteiger partial charge is 0.347 e. The molecule has 2 aromatic carbocycles. The summed E-state index contributed by atoms with van der Waals surface area (Å²) in [4.78, 5) is 13.0. The Morgan fingerprint density at radius 2 is 1.81 bits per heavy atom. The number of hydrogen-bond acceptors (Lipinski definition) is 3. The molecule has 1 aliphatic rings. The maximum Gasteiger partial charge on any atom is 0.264 e. The Morgan fingerprint density at radius 1 is 1.15 bits per heavy atom. The van der Waals surface area contributed by atoms with Gasteiger partial charge >= 0.3 is 0 Å². The summed E-state index contributed by atoms with van der Waals surface area (Å²) in [6, 6.07) is 10.4. The van der Waals surface area contributed by atoms with Gasteiger partial charge in [-0.2, -0.15) is 0 Å². The van der Waals surface area contributed by atoms with Crippen LogP contribution in [-0.4, -0.2) is 26.9 Å². The third-order valence-electron chi connectivity index (χ3n) is 5.03. The van der Waals surface area contributed by atoms with Crippen molar-refractivity contribution in [3.05, 3.63) is 47.5 Å². The highest BCUT2D eigenvalue weighted by molar-refractivity contribution is 7.93. The predicted octanol–water partition coefficient (Wildman–Crippen LogP) is 3.72. The highest BCUT2D eigenvalue weighted by atomic mass is 32.2. The topological polar surface area (TPSA) is 66.5 Å². The average molecular weight is 372 g/mol. The minimum Gasteiger partial charge on any atom is -0.347 e. The first-order valence-corrected chi connectivity index (χ1v) is 10.1. The fraction of sp³-hybridized carbons (Fsp3) is 0.350. The van der Waals surface area contributed by atoms with E-state index in [0.717, 1.165) is 17.5 Å². The zero-order chi connectivity index (χ0) is 19.3. The van der Waals surface area contributed by atoms with Crippen molar-refractivity contribution in [2.75, 3.05) is 11.4 Å². The van der Waals surface area contributed by atoms with Gasteiger partial charge in [0.05, 0.1) is 10.6 Å². The molecule has 6 heteroatoms. The molecule has 1 aliphatic heterocycles. The molecule has 0 spiro atoms. The van der Waals surface area contributed by atoms with Crippen molar-refractivity contribution in [1.82, 2.24) is 5.32 Å². The summed E-state index contributed by atoms with van der Waals surface area (Å²) < 4.78 is 26.9. The number of amides is 1. The highest BCUT2D eigenvalue weighted by Crippen LogP contribution is 2.44. The number of sulfonamides is 1. The van der Waals surface area contributed by atoms with Crippen molar-refractivity contribution in [1.29, 1.82) is 0 Å². The molecule has 26 heavy (non-hydrogen) atoms. The lowest BCUT2D eigenvalue weighted by atomic mass is 9.95. The minimum atomic E-state index is -3.59. The van der Waals surface area contributed by atoms with Gasteiger partial charge in [-0.3, -0.25) is 9.10 Å². The Kier molecular flexibility index (Phi) is 4.35. The van der Waals surface area contributed by atoms with E-state index in [0.29, 0.717) is 16.8 Å². The molecule has 5 nitrogen and oxygen atoms in total. The fourth-order valence-corrected chi connectivity index (χ4v) is 4.67. The zero-order valence-electron chi connectivity index (χ0n) is 15.8. The molecule has 0 atom stereocenters. The van der Waals surface area contributed by atoms with Gasteiger partial charge < -0.3 is 5.32 Å². The summed E-state index contributed by atoms with van der Waals surface area (Å²) in [5, 5.41) is 3.04. The van der Waals surface area contributed by atoms with Gasteiger partial charge in [0.15, 0.2) is 0 Å². The van der Waals surface area contributed by atoms with Crippen LogP contribution in [-0.2, 0) is 10.0 Å². The van der Waals surface area contributed by atoms with Gasteiger partial charge in [0.2, 0.25) is 0 Å². The summed E-state index contributed by atoms with van der Waals surface area (Å²) in [6.07, 6.45) is 0.812. The number of aryl methyl sites for hydroxylation is 1. The van der Waals surface area contributed by atoms with E-state index in [1.807, 2.05) is 33.8 Å². The van der Waals surface area contributed by atoms with Crippen LogP contribution in [0.25, 0.3) is 11.1 Å². The van der Waals surface area contributed by atoms with Crippen LogP contribution in [0.3, 0.4) is 0 Å². The number of fused-ring (bicyclic) bond motifs is 3. The second kappa shape index (κ2) is 6.13. The van der Waals surface area contributed by atoms with Crippen molar-refractivity contribution < 1.29 is 13.2 Å². The van der Waals surface area contributed by atoms with Crippen LogP contribution in [0.5, 0.6) is 0 Å². The van der Waals surface area contributed by atoms with Crippen LogP contribution in [0.4, 0.5) is 5.69 Å². The van der Waals surface area contributed by atoms with Crippen molar-refractivity contribution in [3.8, 4) is 11.1 Å². The number of nitrogens with one attached hydrogen (secondary N) is 1. The Balaban J connectivity index is 2.19. The van der Waals surface area contributed by atoms with Crippen LogP contribution in [0, 0.1) is 6.92 Å². The first-order chi connectivity index (χ1) is 12.1. The van der Waals surface area contributed by atoms with E-state index >= 15 is 0 Å². The molecule has 1 amide bonds. The molecule has 0 aliphatic carbocycles. The van der Waals surface area contributed by atoms with E-state index < -0.39 is 10.0 Å². The van der Waals surface area contributed by atoms with Gasteiger partial charge in [0.1, 0.15) is 0 Å². The van der Waals surface area contributed by atoms with Crippen LogP contribution in [0.1, 0.15) is 43.1 Å². The summed E-state index contributed by atoms with van der Waals surface area (Å²) in [5.74, 6) is -0.156. The molecule has 138 valence electrons. The van der Waals surface area contributed by atoms with Crippen molar-refractivity contribution in [2.45, 2.75) is 44.6 Å². The highest BCUT2D eigenvalue weighted by Gasteiger charge is 2.34. The molecule has 1 heterocycles. The predicted molar refractivity (Wildman–Crippen MR) is 104 cm³/mol. The maximum absolute atomic E-state index is 12.8. The van der Waals surface area contributed by atoms with Gasteiger partial charge in [-0.1, -0.05) is 25.1 Å². The summed E-state index contributed by atoms with van der Waals surface area (Å²) >= 11 is 0. The number of benzene rings is 2. The van der Waals surface area contributed by atoms with E-state index in [1.165, 1.54) is 4.31 Å². The quantitative estimate of drug-likeness (QED) is 0.893. The van der Waals surface area contributed by atoms with Crippen LogP contribution in [0.2, 0.25) is 0 Å². The minimum absolute atomic E-state index is 0.156. The molecule has 0 bridgehead atoms. The van der Waals surface area contributed by atoms with Crippen molar-refractivity contribution in [2.24, 2.45) is 0 Å². The van der Waals surface area contributed by atoms with Gasteiger partial charge in [-0.15, -0.1) is 0 Å². The summed E-state index contributed by atoms with van der Waals surface area (Å²) in [6.45, 7) is 7.81. The molecule has 2 aromatic rings. The van der Waals surface area contributed by atoms with E-state index in [4.69, 9.17) is 0 Å². The van der Waals surface area contributed by atoms with Crippen molar-refractivity contribution >= 4 is 21.6 Å². The van der Waals surface area contributed by atoms with Gasteiger partial charge in [-0.05, 0) is 51.0 Å². The lowest BCUT2D eigenvalue weighted by Gasteiger charge is -2.31. The molecular weight excluding hydrogens is 348 g/mol. The number of nitrogens with zero attached hydrogens (tertiary/aromatic N) is 1. The van der Waals surface area contributed by atoms with Gasteiger partial charge in [-0.25, -0.2) is 8.42 Å². The Bertz CT molecular complexity index is 994. The van der Waals surface area contributed by atoms with E-state index in [2.05, 4.69) is 5.32 Å². The second-order valence-corrected chi connectivity index (χ2v) is 9.29. The molecule has 0 unspecified atom stereocenters. The number of rotatable bonds is 3. The maximum atomic E-state index is 12.8. The molecule has 0 saturated carbocycles. The number of anilines is 1. The monoisotopic (exact) mass is 372 g/mol. The molecule has 1 N–H and O–H groups in total. The Labute approximate surface area is 155 Å². The van der Waals surface area contributed by atoms with Crippen LogP contribution < -0.4 is 9.62 Å². The number of carbonyl (C=O) groups is 1. The first-order valence-electron chi connectivity index (χ1n) is 8.64. The number of carbonyl (C=O) groups excluding carboxylic acids is 1. The third kappa shape index (κ3) is 2.88.